The van der Waals surface area contributed by atoms with Crippen molar-refractivity contribution in [1.82, 2.24) is 9.97 Å². The van der Waals surface area contributed by atoms with Crippen molar-refractivity contribution in [1.29, 1.82) is 0 Å². The van der Waals surface area contributed by atoms with Gasteiger partial charge in [0, 0.05) is 16.6 Å². The summed E-state index contributed by atoms with van der Waals surface area (Å²) >= 11 is 2.88. The lowest BCUT2D eigenvalue weighted by molar-refractivity contribution is -0.113. The summed E-state index contributed by atoms with van der Waals surface area (Å²) in [6.45, 7) is 2.00. The van der Waals surface area contributed by atoms with E-state index < -0.39 is 0 Å². The van der Waals surface area contributed by atoms with Gasteiger partial charge < -0.3 is 10.3 Å². The van der Waals surface area contributed by atoms with Crippen LogP contribution in [0.25, 0.3) is 21.3 Å². The largest absolute Gasteiger partial charge is 0.325 e. The van der Waals surface area contributed by atoms with E-state index in [1.165, 1.54) is 23.1 Å². The van der Waals surface area contributed by atoms with E-state index in [1.54, 1.807) is 0 Å². The van der Waals surface area contributed by atoms with Crippen LogP contribution in [0.5, 0.6) is 0 Å². The molecule has 4 aromatic rings. The Morgan fingerprint density at radius 1 is 1.14 bits per heavy atom. The smallest absolute Gasteiger partial charge is 0.260 e. The van der Waals surface area contributed by atoms with Gasteiger partial charge in [0.15, 0.2) is 0 Å². The molecule has 2 aromatic carbocycles. The SMILES string of the molecule is Cc1ccc(NC(=O)CSCc2nc3scc(-c4ccccc4)c3c(=O)[nH]2)cc1. The van der Waals surface area contributed by atoms with Crippen LogP contribution in [0.4, 0.5) is 5.69 Å². The number of hydrogen-bond acceptors (Lipinski definition) is 5. The van der Waals surface area contributed by atoms with E-state index in [9.17, 15) is 9.59 Å². The van der Waals surface area contributed by atoms with Crippen LogP contribution >= 0.6 is 23.1 Å². The Bertz CT molecular complexity index is 1200. The minimum Gasteiger partial charge on any atom is -0.325 e. The van der Waals surface area contributed by atoms with Gasteiger partial charge in [0.05, 0.1) is 16.9 Å². The number of nitrogens with one attached hydrogen (secondary N) is 2. The first-order valence-electron chi connectivity index (χ1n) is 9.10. The molecule has 0 radical (unpaired) electrons. The monoisotopic (exact) mass is 421 g/mol. The summed E-state index contributed by atoms with van der Waals surface area (Å²) in [5.74, 6) is 1.25. The van der Waals surface area contributed by atoms with E-state index in [0.29, 0.717) is 21.8 Å². The van der Waals surface area contributed by atoms with E-state index in [-0.39, 0.29) is 17.2 Å². The zero-order chi connectivity index (χ0) is 20.2. The second-order valence-electron chi connectivity index (χ2n) is 6.62. The molecule has 0 aliphatic carbocycles. The zero-order valence-electron chi connectivity index (χ0n) is 15.8. The molecule has 0 aliphatic heterocycles. The number of thioether (sulfide) groups is 1. The molecule has 0 spiro atoms. The summed E-state index contributed by atoms with van der Waals surface area (Å²) in [5, 5.41) is 5.45. The molecule has 1 amide bonds. The minimum absolute atomic E-state index is 0.0789. The van der Waals surface area contributed by atoms with Crippen molar-refractivity contribution in [2.24, 2.45) is 0 Å². The molecular weight excluding hydrogens is 402 g/mol. The van der Waals surface area contributed by atoms with E-state index >= 15 is 0 Å². The summed E-state index contributed by atoms with van der Waals surface area (Å²) in [5.41, 5.74) is 3.68. The molecule has 0 saturated carbocycles. The first-order chi connectivity index (χ1) is 14.1. The van der Waals surface area contributed by atoms with Crippen LogP contribution in [0.3, 0.4) is 0 Å². The van der Waals surface area contributed by atoms with Gasteiger partial charge in [-0.3, -0.25) is 9.59 Å². The maximum absolute atomic E-state index is 12.6. The van der Waals surface area contributed by atoms with E-state index in [0.717, 1.165) is 22.4 Å². The summed E-state index contributed by atoms with van der Waals surface area (Å²) in [6.07, 6.45) is 0. The molecule has 0 atom stereocenters. The van der Waals surface area contributed by atoms with Gasteiger partial charge in [-0.05, 0) is 24.6 Å². The van der Waals surface area contributed by atoms with Crippen molar-refractivity contribution in [2.45, 2.75) is 12.7 Å². The van der Waals surface area contributed by atoms with Gasteiger partial charge in [-0.25, -0.2) is 4.98 Å². The first kappa shape index (κ1) is 19.4. The van der Waals surface area contributed by atoms with Crippen LogP contribution in [-0.2, 0) is 10.5 Å². The fourth-order valence-electron chi connectivity index (χ4n) is 2.97. The number of rotatable bonds is 6. The molecule has 2 aromatic heterocycles. The van der Waals surface area contributed by atoms with Crippen LogP contribution in [-0.4, -0.2) is 21.6 Å². The van der Waals surface area contributed by atoms with Crippen molar-refractivity contribution in [3.8, 4) is 11.1 Å². The van der Waals surface area contributed by atoms with Crippen molar-refractivity contribution in [3.05, 3.63) is 81.7 Å². The normalized spacial score (nSPS) is 10.9. The summed E-state index contributed by atoms with van der Waals surface area (Å²) in [4.78, 5) is 32.9. The minimum atomic E-state index is -0.144. The number of carbonyl (C=O) groups is 1. The molecule has 0 aliphatic rings. The summed E-state index contributed by atoms with van der Waals surface area (Å²) in [7, 11) is 0. The van der Waals surface area contributed by atoms with Crippen LogP contribution in [0.2, 0.25) is 0 Å². The van der Waals surface area contributed by atoms with Crippen LogP contribution in [0.15, 0.2) is 64.8 Å². The highest BCUT2D eigenvalue weighted by molar-refractivity contribution is 7.99. The number of H-pyrrole nitrogens is 1. The molecule has 0 fully saturated rings. The molecule has 0 bridgehead atoms. The Morgan fingerprint density at radius 2 is 1.90 bits per heavy atom. The molecule has 7 heteroatoms. The van der Waals surface area contributed by atoms with Crippen LogP contribution in [0, 0.1) is 6.92 Å². The molecule has 2 N–H and O–H groups in total. The Hall–Kier alpha value is -2.90. The fourth-order valence-corrected chi connectivity index (χ4v) is 4.62. The standard InChI is InChI=1S/C22H19N3O2S2/c1-14-7-9-16(10-8-14)23-19(26)13-28-12-18-24-21(27)20-17(11-29-22(20)25-18)15-5-3-2-4-6-15/h2-11H,12-13H2,1H3,(H,23,26)(H,24,25,27). The third-order valence-corrected chi connectivity index (χ3v) is 6.20. The number of hydrogen-bond donors (Lipinski definition) is 2. The molecule has 146 valence electrons. The molecule has 29 heavy (non-hydrogen) atoms. The van der Waals surface area contributed by atoms with Gasteiger partial charge in [0.25, 0.3) is 5.56 Å². The van der Waals surface area contributed by atoms with Gasteiger partial charge in [0.1, 0.15) is 10.7 Å². The number of aryl methyl sites for hydroxylation is 1. The predicted molar refractivity (Wildman–Crippen MR) is 122 cm³/mol. The Morgan fingerprint density at radius 3 is 2.66 bits per heavy atom. The van der Waals surface area contributed by atoms with E-state index in [1.807, 2.05) is 66.9 Å². The number of amides is 1. The van der Waals surface area contributed by atoms with Crippen molar-refractivity contribution < 1.29 is 4.79 Å². The van der Waals surface area contributed by atoms with Gasteiger partial charge in [-0.15, -0.1) is 23.1 Å². The highest BCUT2D eigenvalue weighted by Gasteiger charge is 2.13. The topological polar surface area (TPSA) is 74.8 Å². The molecule has 0 saturated heterocycles. The number of aromatic amines is 1. The maximum Gasteiger partial charge on any atom is 0.260 e. The number of carbonyl (C=O) groups excluding carboxylic acids is 1. The number of benzene rings is 2. The third kappa shape index (κ3) is 4.58. The first-order valence-corrected chi connectivity index (χ1v) is 11.1. The summed E-state index contributed by atoms with van der Waals surface area (Å²) < 4.78 is 0. The number of nitrogens with zero attached hydrogens (tertiary/aromatic N) is 1. The number of thiophene rings is 1. The second kappa shape index (κ2) is 8.63. The van der Waals surface area contributed by atoms with Crippen LogP contribution in [0.1, 0.15) is 11.4 Å². The number of fused-ring (bicyclic) bond motifs is 1. The van der Waals surface area contributed by atoms with Gasteiger partial charge >= 0.3 is 0 Å². The van der Waals surface area contributed by atoms with Crippen LogP contribution < -0.4 is 10.9 Å². The third-order valence-electron chi connectivity index (χ3n) is 4.39. The van der Waals surface area contributed by atoms with Gasteiger partial charge in [-0.1, -0.05) is 48.0 Å². The quantitative estimate of drug-likeness (QED) is 0.467. The molecule has 5 nitrogen and oxygen atoms in total. The summed E-state index contributed by atoms with van der Waals surface area (Å²) in [6, 6.07) is 17.5. The Labute approximate surface area is 176 Å². The lowest BCUT2D eigenvalue weighted by Crippen LogP contribution is -2.15. The lowest BCUT2D eigenvalue weighted by Gasteiger charge is -2.06. The number of anilines is 1. The molecular formula is C22H19N3O2S2. The van der Waals surface area contributed by atoms with Gasteiger partial charge in [0.2, 0.25) is 5.91 Å². The number of aromatic nitrogens is 2. The van der Waals surface area contributed by atoms with E-state index in [4.69, 9.17) is 0 Å². The molecule has 4 rings (SSSR count). The molecule has 0 unspecified atom stereocenters. The highest BCUT2D eigenvalue weighted by Crippen LogP contribution is 2.30. The molecule has 2 heterocycles. The fraction of sp³-hybridized carbons (Fsp3) is 0.136. The second-order valence-corrected chi connectivity index (χ2v) is 8.46. The highest BCUT2D eigenvalue weighted by atomic mass is 32.2. The van der Waals surface area contributed by atoms with E-state index in [2.05, 4.69) is 15.3 Å². The zero-order valence-corrected chi connectivity index (χ0v) is 17.4. The Kier molecular flexibility index (Phi) is 5.78. The average Bonchev–Trinajstić information content (AvgIpc) is 3.15. The van der Waals surface area contributed by atoms with Gasteiger partial charge in [-0.2, -0.15) is 0 Å². The van der Waals surface area contributed by atoms with Crippen molar-refractivity contribution in [3.63, 3.8) is 0 Å². The maximum atomic E-state index is 12.6. The Balaban J connectivity index is 1.42. The van der Waals surface area contributed by atoms with Crippen molar-refractivity contribution in [2.75, 3.05) is 11.1 Å². The predicted octanol–water partition coefficient (Wildman–Crippen LogP) is 4.83. The van der Waals surface area contributed by atoms with Crippen molar-refractivity contribution >= 4 is 44.9 Å². The average molecular weight is 422 g/mol. The lowest BCUT2D eigenvalue weighted by atomic mass is 10.1.